The Kier molecular flexibility index (Phi) is 9.11. The van der Waals surface area contributed by atoms with Gasteiger partial charge in [-0.05, 0) is 71.6 Å². The number of benzene rings is 3. The Morgan fingerprint density at radius 1 is 0.788 bits per heavy atom. The lowest BCUT2D eigenvalue weighted by Gasteiger charge is -2.22. The van der Waals surface area contributed by atoms with E-state index in [1.54, 1.807) is 12.1 Å². The van der Waals surface area contributed by atoms with Crippen LogP contribution in [0, 0.1) is 0 Å². The van der Waals surface area contributed by atoms with Crippen molar-refractivity contribution in [1.82, 2.24) is 4.90 Å². The third-order valence-electron chi connectivity index (χ3n) is 5.88. The van der Waals surface area contributed by atoms with Gasteiger partial charge in [-0.25, -0.2) is 0 Å². The van der Waals surface area contributed by atoms with Crippen molar-refractivity contribution in [1.29, 1.82) is 0 Å². The van der Waals surface area contributed by atoms with E-state index in [1.165, 1.54) is 11.1 Å². The van der Waals surface area contributed by atoms with Crippen LogP contribution in [0.15, 0.2) is 78.9 Å². The predicted octanol–water partition coefficient (Wildman–Crippen LogP) is 5.84. The lowest BCUT2D eigenvalue weighted by molar-refractivity contribution is 0.0716. The third kappa shape index (κ3) is 6.70. The van der Waals surface area contributed by atoms with Gasteiger partial charge in [0.2, 0.25) is 0 Å². The molecule has 1 unspecified atom stereocenters. The summed E-state index contributed by atoms with van der Waals surface area (Å²) in [7, 11) is 0. The van der Waals surface area contributed by atoms with Crippen LogP contribution in [-0.2, 0) is 0 Å². The Bertz CT molecular complexity index is 1010. The molecular formula is C29H35NO3. The Balaban J connectivity index is 1.88. The van der Waals surface area contributed by atoms with Gasteiger partial charge in [0.1, 0.15) is 24.2 Å². The van der Waals surface area contributed by atoms with Crippen LogP contribution in [0.25, 0.3) is 11.1 Å². The number of hydrogen-bond donors (Lipinski definition) is 2. The fourth-order valence-corrected chi connectivity index (χ4v) is 4.05. The molecule has 174 valence electrons. The molecule has 4 nitrogen and oxygen atoms in total. The van der Waals surface area contributed by atoms with Crippen molar-refractivity contribution >= 4 is 11.1 Å². The third-order valence-corrected chi connectivity index (χ3v) is 5.88. The Hall–Kier alpha value is -3.08. The normalized spacial score (nSPS) is 13.0. The van der Waals surface area contributed by atoms with Gasteiger partial charge < -0.3 is 19.8 Å². The number of aromatic hydroxyl groups is 1. The van der Waals surface area contributed by atoms with Crippen molar-refractivity contribution in [2.45, 2.75) is 33.3 Å². The summed E-state index contributed by atoms with van der Waals surface area (Å²) in [6.07, 6.45) is 0.345. The largest absolute Gasteiger partial charge is 0.508 e. The fraction of sp³-hybridized carbons (Fsp3) is 0.310. The van der Waals surface area contributed by atoms with Crippen molar-refractivity contribution in [3.05, 3.63) is 95.6 Å². The van der Waals surface area contributed by atoms with E-state index in [0.29, 0.717) is 6.54 Å². The first kappa shape index (κ1) is 24.6. The number of hydrogen-bond acceptors (Lipinski definition) is 4. The Morgan fingerprint density at radius 2 is 1.36 bits per heavy atom. The lowest BCUT2D eigenvalue weighted by Crippen LogP contribution is -2.35. The number of allylic oxidation sites excluding steroid dienone is 1. The fourth-order valence-electron chi connectivity index (χ4n) is 4.05. The summed E-state index contributed by atoms with van der Waals surface area (Å²) >= 11 is 0. The van der Waals surface area contributed by atoms with Crippen LogP contribution in [0.2, 0.25) is 0 Å². The maximum absolute atomic E-state index is 10.3. The molecule has 0 heterocycles. The molecule has 3 aromatic carbocycles. The second-order valence-electron chi connectivity index (χ2n) is 8.10. The van der Waals surface area contributed by atoms with Crippen LogP contribution in [0.5, 0.6) is 11.5 Å². The number of phenolic OH excluding ortho intramolecular Hbond substituents is 1. The van der Waals surface area contributed by atoms with E-state index in [1.807, 2.05) is 30.3 Å². The molecule has 3 rings (SSSR count). The minimum Gasteiger partial charge on any atom is -0.508 e. The van der Waals surface area contributed by atoms with Gasteiger partial charge >= 0.3 is 0 Å². The number of nitrogens with zero attached hydrogens (tertiary/aromatic N) is 1. The highest BCUT2D eigenvalue weighted by atomic mass is 16.5. The molecule has 0 aliphatic heterocycles. The summed E-state index contributed by atoms with van der Waals surface area (Å²) in [6.45, 7) is 9.05. The standard InChI is InChI=1S/C29H35NO3/c1-4-28(22-10-8-7-9-11-22)29(23-12-16-25(31)17-13-23)24-14-18-27(19-15-24)33-21-26(32)20-30(5-2)6-3/h7-19,26,31-32H,4-6,20-21H2,1-3H3. The molecule has 0 saturated carbocycles. The van der Waals surface area contributed by atoms with Crippen molar-refractivity contribution < 1.29 is 14.9 Å². The van der Waals surface area contributed by atoms with E-state index in [2.05, 4.69) is 62.1 Å². The zero-order valence-corrected chi connectivity index (χ0v) is 19.9. The van der Waals surface area contributed by atoms with Crippen LogP contribution in [-0.4, -0.2) is 47.5 Å². The van der Waals surface area contributed by atoms with Gasteiger partial charge in [0.05, 0.1) is 0 Å². The van der Waals surface area contributed by atoms with Crippen LogP contribution in [0.4, 0.5) is 0 Å². The van der Waals surface area contributed by atoms with Gasteiger partial charge in [-0.1, -0.05) is 75.4 Å². The molecule has 0 saturated heterocycles. The second kappa shape index (κ2) is 12.2. The SMILES string of the molecule is CCC(=C(c1ccc(O)cc1)c1ccc(OCC(O)CN(CC)CC)cc1)c1ccccc1. The molecule has 2 N–H and O–H groups in total. The van der Waals surface area contributed by atoms with Crippen LogP contribution in [0.1, 0.15) is 43.9 Å². The molecule has 33 heavy (non-hydrogen) atoms. The molecule has 0 bridgehead atoms. The average molecular weight is 446 g/mol. The van der Waals surface area contributed by atoms with E-state index in [0.717, 1.165) is 42.0 Å². The molecule has 3 aromatic rings. The first-order valence-corrected chi connectivity index (χ1v) is 11.8. The summed E-state index contributed by atoms with van der Waals surface area (Å²) in [6, 6.07) is 25.8. The number of phenols is 1. The van der Waals surface area contributed by atoms with Gasteiger partial charge in [0.15, 0.2) is 0 Å². The van der Waals surface area contributed by atoms with Crippen LogP contribution < -0.4 is 4.74 Å². The summed E-state index contributed by atoms with van der Waals surface area (Å²) in [5.74, 6) is 0.989. The summed E-state index contributed by atoms with van der Waals surface area (Å²) in [5, 5.41) is 20.1. The zero-order chi connectivity index (χ0) is 23.6. The summed E-state index contributed by atoms with van der Waals surface area (Å²) < 4.78 is 5.86. The number of ether oxygens (including phenoxy) is 1. The van der Waals surface area contributed by atoms with Gasteiger partial charge in [-0.2, -0.15) is 0 Å². The minimum atomic E-state index is -0.526. The maximum Gasteiger partial charge on any atom is 0.119 e. The highest BCUT2D eigenvalue weighted by Crippen LogP contribution is 2.35. The number of rotatable bonds is 11. The zero-order valence-electron chi connectivity index (χ0n) is 19.9. The monoisotopic (exact) mass is 445 g/mol. The van der Waals surface area contributed by atoms with E-state index in [-0.39, 0.29) is 12.4 Å². The summed E-state index contributed by atoms with van der Waals surface area (Å²) in [5.41, 5.74) is 5.69. The minimum absolute atomic E-state index is 0.253. The Labute approximate surface area is 197 Å². The first-order chi connectivity index (χ1) is 16.0. The number of aliphatic hydroxyl groups excluding tert-OH is 1. The van der Waals surface area contributed by atoms with Crippen molar-refractivity contribution in [2.24, 2.45) is 0 Å². The first-order valence-electron chi connectivity index (χ1n) is 11.8. The maximum atomic E-state index is 10.3. The quantitative estimate of drug-likeness (QED) is 0.364. The molecular weight excluding hydrogens is 410 g/mol. The van der Waals surface area contributed by atoms with E-state index >= 15 is 0 Å². The van der Waals surface area contributed by atoms with Crippen molar-refractivity contribution in [3.8, 4) is 11.5 Å². The predicted molar refractivity (Wildman–Crippen MR) is 136 cm³/mol. The smallest absolute Gasteiger partial charge is 0.119 e. The lowest BCUT2D eigenvalue weighted by atomic mass is 9.88. The van der Waals surface area contributed by atoms with Crippen LogP contribution in [0.3, 0.4) is 0 Å². The molecule has 0 amide bonds. The molecule has 0 radical (unpaired) electrons. The van der Waals surface area contributed by atoms with Gasteiger partial charge in [-0.15, -0.1) is 0 Å². The second-order valence-corrected chi connectivity index (χ2v) is 8.10. The van der Waals surface area contributed by atoms with Crippen molar-refractivity contribution in [3.63, 3.8) is 0 Å². The van der Waals surface area contributed by atoms with Gasteiger partial charge in [-0.3, -0.25) is 0 Å². The molecule has 4 heteroatoms. The summed E-state index contributed by atoms with van der Waals surface area (Å²) in [4.78, 5) is 2.18. The molecule has 0 aliphatic carbocycles. The van der Waals surface area contributed by atoms with E-state index in [4.69, 9.17) is 4.74 Å². The molecule has 0 spiro atoms. The molecule has 0 aromatic heterocycles. The highest BCUT2D eigenvalue weighted by molar-refractivity contribution is 5.98. The van der Waals surface area contributed by atoms with E-state index in [9.17, 15) is 10.2 Å². The van der Waals surface area contributed by atoms with Gasteiger partial charge in [0.25, 0.3) is 0 Å². The Morgan fingerprint density at radius 3 is 1.91 bits per heavy atom. The van der Waals surface area contributed by atoms with Crippen LogP contribution >= 0.6 is 0 Å². The average Bonchev–Trinajstić information content (AvgIpc) is 2.86. The van der Waals surface area contributed by atoms with Crippen molar-refractivity contribution in [2.75, 3.05) is 26.2 Å². The molecule has 1 atom stereocenters. The number of likely N-dealkylation sites (N-methyl/N-ethyl adjacent to an activating group) is 1. The van der Waals surface area contributed by atoms with Gasteiger partial charge in [0, 0.05) is 6.54 Å². The van der Waals surface area contributed by atoms with E-state index < -0.39 is 6.10 Å². The molecule has 0 fully saturated rings. The topological polar surface area (TPSA) is 52.9 Å². The highest BCUT2D eigenvalue weighted by Gasteiger charge is 2.14. The number of aliphatic hydroxyl groups is 1. The molecule has 0 aliphatic rings.